The third-order valence-electron chi connectivity index (χ3n) is 6.26. The van der Waals surface area contributed by atoms with Gasteiger partial charge in [-0.25, -0.2) is 0 Å². The van der Waals surface area contributed by atoms with Crippen molar-refractivity contribution in [3.05, 3.63) is 47.0 Å². The van der Waals surface area contributed by atoms with Gasteiger partial charge in [-0.3, -0.25) is 19.5 Å². The molecule has 1 saturated carbocycles. The first-order chi connectivity index (χ1) is 14.1. The molecule has 0 aromatic heterocycles. The Morgan fingerprint density at radius 2 is 1.67 bits per heavy atom. The van der Waals surface area contributed by atoms with E-state index in [0.29, 0.717) is 19.5 Å². The van der Waals surface area contributed by atoms with Gasteiger partial charge in [0.05, 0.1) is 11.8 Å². The van der Waals surface area contributed by atoms with Crippen LogP contribution < -0.4 is 10.6 Å². The van der Waals surface area contributed by atoms with Crippen molar-refractivity contribution in [1.29, 1.82) is 0 Å². The van der Waals surface area contributed by atoms with Crippen LogP contribution >= 0.6 is 35.6 Å². The van der Waals surface area contributed by atoms with E-state index in [4.69, 9.17) is 11.6 Å². The van der Waals surface area contributed by atoms with E-state index < -0.39 is 0 Å². The minimum absolute atomic E-state index is 0. The molecule has 2 bridgehead atoms. The molecule has 1 aliphatic heterocycles. The summed E-state index contributed by atoms with van der Waals surface area (Å²) in [5.74, 6) is 1.11. The van der Waals surface area contributed by atoms with E-state index in [1.54, 1.807) is 7.05 Å². The number of benzene rings is 1. The predicted molar refractivity (Wildman–Crippen MR) is 129 cm³/mol. The molecule has 8 heteroatoms. The molecule has 1 saturated heterocycles. The Morgan fingerprint density at radius 1 is 1.07 bits per heavy atom. The molecule has 0 radical (unpaired) electrons. The predicted octanol–water partition coefficient (Wildman–Crippen LogP) is 2.86. The average Bonchev–Trinajstić information content (AvgIpc) is 3.40. The maximum Gasteiger partial charge on any atom is 0.233 e. The highest BCUT2D eigenvalue weighted by Crippen LogP contribution is 2.52. The molecule has 2 amide bonds. The van der Waals surface area contributed by atoms with Crippen molar-refractivity contribution in [2.75, 3.05) is 26.7 Å². The second kappa shape index (κ2) is 10.1. The third-order valence-corrected chi connectivity index (χ3v) is 6.51. The zero-order valence-corrected chi connectivity index (χ0v) is 20.1. The summed E-state index contributed by atoms with van der Waals surface area (Å²) in [5.41, 5.74) is 1.21. The lowest BCUT2D eigenvalue weighted by atomic mass is 9.85. The molecule has 6 nitrogen and oxygen atoms in total. The summed E-state index contributed by atoms with van der Waals surface area (Å²) in [7, 11) is 1.73. The van der Waals surface area contributed by atoms with Gasteiger partial charge >= 0.3 is 0 Å². The highest BCUT2D eigenvalue weighted by atomic mass is 127. The summed E-state index contributed by atoms with van der Waals surface area (Å²) in [5, 5.41) is 7.27. The largest absolute Gasteiger partial charge is 0.356 e. The highest BCUT2D eigenvalue weighted by molar-refractivity contribution is 14.0. The topological polar surface area (TPSA) is 73.8 Å². The van der Waals surface area contributed by atoms with E-state index in [-0.39, 0.29) is 59.5 Å². The second-order valence-electron chi connectivity index (χ2n) is 7.98. The molecule has 4 rings (SSSR count). The number of nitrogens with zero attached hydrogens (tertiary/aromatic N) is 2. The number of guanidine groups is 1. The highest BCUT2D eigenvalue weighted by Gasteiger charge is 2.58. The van der Waals surface area contributed by atoms with E-state index in [9.17, 15) is 9.59 Å². The number of amides is 2. The molecule has 2 aliphatic carbocycles. The maximum atomic E-state index is 12.7. The number of imide groups is 1. The molecule has 2 fully saturated rings. The average molecular weight is 543 g/mol. The number of allylic oxidation sites excluding steroid dienone is 2. The van der Waals surface area contributed by atoms with Crippen LogP contribution in [0.25, 0.3) is 0 Å². The molecule has 1 aromatic rings. The van der Waals surface area contributed by atoms with Crippen molar-refractivity contribution >= 4 is 53.4 Å². The number of halogens is 2. The summed E-state index contributed by atoms with van der Waals surface area (Å²) < 4.78 is 0. The minimum atomic E-state index is -0.104. The zero-order chi connectivity index (χ0) is 20.4. The molecule has 4 atom stereocenters. The van der Waals surface area contributed by atoms with Gasteiger partial charge in [0.15, 0.2) is 5.96 Å². The number of carbonyl (C=O) groups excluding carboxylic acids is 2. The van der Waals surface area contributed by atoms with Crippen molar-refractivity contribution in [3.8, 4) is 0 Å². The fraction of sp³-hybridized carbons (Fsp3) is 0.500. The first-order valence-corrected chi connectivity index (χ1v) is 10.7. The normalized spacial score (nSPS) is 26.7. The monoisotopic (exact) mass is 542 g/mol. The second-order valence-corrected chi connectivity index (χ2v) is 8.42. The van der Waals surface area contributed by atoms with Gasteiger partial charge < -0.3 is 10.6 Å². The fourth-order valence-corrected chi connectivity index (χ4v) is 4.95. The maximum absolute atomic E-state index is 12.7. The lowest BCUT2D eigenvalue weighted by Gasteiger charge is -2.18. The number of fused-ring (bicyclic) bond motifs is 5. The number of hydrogen-bond donors (Lipinski definition) is 2. The summed E-state index contributed by atoms with van der Waals surface area (Å²) in [4.78, 5) is 31.1. The van der Waals surface area contributed by atoms with Crippen molar-refractivity contribution < 1.29 is 9.59 Å². The van der Waals surface area contributed by atoms with Crippen molar-refractivity contribution in [2.45, 2.75) is 19.3 Å². The number of hydrogen-bond acceptors (Lipinski definition) is 3. The first-order valence-electron chi connectivity index (χ1n) is 10.3. The Balaban J connectivity index is 0.00000256. The van der Waals surface area contributed by atoms with Crippen LogP contribution in [0.3, 0.4) is 0 Å². The molecule has 1 heterocycles. The van der Waals surface area contributed by atoms with Gasteiger partial charge in [-0.05, 0) is 48.8 Å². The van der Waals surface area contributed by atoms with Crippen molar-refractivity contribution in [1.82, 2.24) is 15.5 Å². The molecular weight excluding hydrogens is 515 g/mol. The molecule has 1 aromatic carbocycles. The van der Waals surface area contributed by atoms with E-state index in [1.165, 1.54) is 10.5 Å². The van der Waals surface area contributed by atoms with Gasteiger partial charge in [0.1, 0.15) is 0 Å². The van der Waals surface area contributed by atoms with Crippen molar-refractivity contribution in [2.24, 2.45) is 28.7 Å². The molecule has 162 valence electrons. The lowest BCUT2D eigenvalue weighted by molar-refractivity contribution is -0.140. The van der Waals surface area contributed by atoms with Crippen LogP contribution in [0.15, 0.2) is 41.4 Å². The standard InChI is InChI=1S/C22H27ClN4O2.HI/c1-24-22(26-11-9-14-3-7-17(23)8-4-14)25-10-2-12-27-20(28)18-15-5-6-16(13-15)19(18)21(27)29;/h3-8,15-16,18-19H,2,9-13H2,1H3,(H2,24,25,26);1H. The number of likely N-dealkylation sites (tertiary alicyclic amines) is 1. The van der Waals surface area contributed by atoms with E-state index in [2.05, 4.69) is 27.8 Å². The smallest absolute Gasteiger partial charge is 0.233 e. The van der Waals surface area contributed by atoms with Crippen LogP contribution in [-0.2, 0) is 16.0 Å². The zero-order valence-electron chi connectivity index (χ0n) is 17.0. The summed E-state index contributed by atoms with van der Waals surface area (Å²) in [6.45, 7) is 1.88. The molecule has 30 heavy (non-hydrogen) atoms. The van der Waals surface area contributed by atoms with Crippen LogP contribution in [0, 0.1) is 23.7 Å². The Labute approximate surface area is 199 Å². The Kier molecular flexibility index (Phi) is 7.79. The minimum Gasteiger partial charge on any atom is -0.356 e. The Morgan fingerprint density at radius 3 is 2.27 bits per heavy atom. The SMILES string of the molecule is CN=C(NCCCN1C(=O)C2C3C=CC(C3)C2C1=O)NCCc1ccc(Cl)cc1.I. The van der Waals surface area contributed by atoms with Gasteiger partial charge in [0.25, 0.3) is 0 Å². The van der Waals surface area contributed by atoms with Crippen LogP contribution in [-0.4, -0.2) is 49.4 Å². The third kappa shape index (κ3) is 4.66. The molecular formula is C22H28ClIN4O2. The Bertz CT molecular complexity index is 812. The Hall–Kier alpha value is -1.61. The number of rotatable bonds is 7. The molecule has 0 spiro atoms. The van der Waals surface area contributed by atoms with Gasteiger partial charge in [-0.15, -0.1) is 24.0 Å². The van der Waals surface area contributed by atoms with E-state index in [0.717, 1.165) is 30.4 Å². The summed E-state index contributed by atoms with van der Waals surface area (Å²) >= 11 is 5.91. The van der Waals surface area contributed by atoms with Crippen molar-refractivity contribution in [3.63, 3.8) is 0 Å². The molecule has 3 aliphatic rings. The van der Waals surface area contributed by atoms with Crippen LogP contribution in [0.5, 0.6) is 0 Å². The summed E-state index contributed by atoms with van der Waals surface area (Å²) in [6, 6.07) is 7.81. The van der Waals surface area contributed by atoms with Crippen LogP contribution in [0.4, 0.5) is 0 Å². The fourth-order valence-electron chi connectivity index (χ4n) is 4.83. The van der Waals surface area contributed by atoms with Gasteiger partial charge in [-0.2, -0.15) is 0 Å². The quantitative estimate of drug-likeness (QED) is 0.139. The summed E-state index contributed by atoms with van der Waals surface area (Å²) in [6.07, 6.45) is 6.80. The van der Waals surface area contributed by atoms with Crippen LogP contribution in [0.1, 0.15) is 18.4 Å². The molecule has 4 unspecified atom stereocenters. The lowest BCUT2D eigenvalue weighted by Crippen LogP contribution is -2.40. The van der Waals surface area contributed by atoms with E-state index >= 15 is 0 Å². The van der Waals surface area contributed by atoms with E-state index in [1.807, 2.05) is 24.3 Å². The van der Waals surface area contributed by atoms with Gasteiger partial charge in [0.2, 0.25) is 11.8 Å². The molecule has 2 N–H and O–H groups in total. The van der Waals surface area contributed by atoms with Gasteiger partial charge in [0, 0.05) is 31.7 Å². The van der Waals surface area contributed by atoms with Crippen LogP contribution in [0.2, 0.25) is 5.02 Å². The number of aliphatic imine (C=N–C) groups is 1. The first kappa shape index (κ1) is 23.1. The number of carbonyl (C=O) groups is 2. The van der Waals surface area contributed by atoms with Gasteiger partial charge in [-0.1, -0.05) is 35.9 Å². The number of nitrogens with one attached hydrogen (secondary N) is 2.